The van der Waals surface area contributed by atoms with E-state index in [4.69, 9.17) is 18.5 Å². The fourth-order valence-corrected chi connectivity index (χ4v) is 9.52. The van der Waals surface area contributed by atoms with Crippen LogP contribution in [0.2, 0.25) is 0 Å². The van der Waals surface area contributed by atoms with Crippen molar-refractivity contribution < 1.29 is 32.5 Å². The van der Waals surface area contributed by atoms with Gasteiger partial charge in [0.1, 0.15) is 19.3 Å². The third-order valence-electron chi connectivity index (χ3n) is 13.2. The van der Waals surface area contributed by atoms with Crippen molar-refractivity contribution in [2.75, 3.05) is 60.7 Å². The Morgan fingerprint density at radius 3 is 0.906 bits per heavy atom. The van der Waals surface area contributed by atoms with Crippen LogP contribution in [0.25, 0.3) is 0 Å². The highest BCUT2D eigenvalue weighted by Crippen LogP contribution is 2.43. The molecule has 0 saturated carbocycles. The van der Waals surface area contributed by atoms with Gasteiger partial charge in [0.05, 0.1) is 34.4 Å². The van der Waals surface area contributed by atoms with Crippen LogP contribution in [0.1, 0.15) is 296 Å². The van der Waals surface area contributed by atoms with Crippen LogP contribution >= 0.6 is 7.82 Å². The molecule has 0 fully saturated rings. The largest absolute Gasteiger partial charge is 0.472 e. The first-order valence-corrected chi connectivity index (χ1v) is 30.3. The molecule has 0 spiro atoms. The number of phosphoric acid groups is 1. The van der Waals surface area contributed by atoms with Gasteiger partial charge in [-0.15, -0.1) is 0 Å². The molecular weight excluding hydrogens is 814 g/mol. The van der Waals surface area contributed by atoms with E-state index in [0.29, 0.717) is 30.8 Å². The molecule has 0 aromatic rings. The summed E-state index contributed by atoms with van der Waals surface area (Å²) in [6.07, 6.45) is 60.3. The highest BCUT2D eigenvalue weighted by molar-refractivity contribution is 7.47. The van der Waals surface area contributed by atoms with Gasteiger partial charge < -0.3 is 18.9 Å². The first-order valence-electron chi connectivity index (χ1n) is 28.8. The third kappa shape index (κ3) is 54.6. The molecular formula is C56H117NO6P+. The lowest BCUT2D eigenvalue weighted by atomic mass is 10.0. The summed E-state index contributed by atoms with van der Waals surface area (Å²) < 4.78 is 36.0. The summed E-state index contributed by atoms with van der Waals surface area (Å²) in [4.78, 5) is 10.3. The molecule has 2 unspecified atom stereocenters. The van der Waals surface area contributed by atoms with Crippen molar-refractivity contribution in [1.82, 2.24) is 0 Å². The highest BCUT2D eigenvalue weighted by Gasteiger charge is 2.25. The molecule has 0 aliphatic heterocycles. The monoisotopic (exact) mass is 931 g/mol. The number of hydrogen-bond donors (Lipinski definition) is 1. The molecule has 0 aromatic carbocycles. The van der Waals surface area contributed by atoms with Crippen molar-refractivity contribution >= 4 is 7.82 Å². The maximum absolute atomic E-state index is 12.6. The molecule has 0 aliphatic carbocycles. The summed E-state index contributed by atoms with van der Waals surface area (Å²) in [6, 6.07) is 0. The minimum atomic E-state index is -4.14. The van der Waals surface area contributed by atoms with Gasteiger partial charge in [-0.2, -0.15) is 0 Å². The standard InChI is InChI=1S/C56H116NO6P/c1-6-8-10-12-14-16-18-20-22-24-26-28-30-32-34-36-38-40-42-44-46-48-51-60-54-56(55-63-64(58,59)62-53-50-57(3,4)5)61-52-49-47-45-43-41-39-37-35-33-31-29-27-25-23-21-19-17-15-13-11-9-7-2/h56H,6-55H2,1-5H3/p+1. The SMILES string of the molecule is CCCCCCCCCCCCCCCCCCCCCCCCOCC(COP(=O)(O)OCC[N+](C)(C)C)OCCCCCCCCCCCCCCCCCCCCCCCC. The fraction of sp³-hybridized carbons (Fsp3) is 1.00. The third-order valence-corrected chi connectivity index (χ3v) is 14.2. The topological polar surface area (TPSA) is 74.2 Å². The Bertz CT molecular complexity index is 931. The average molecular weight is 932 g/mol. The van der Waals surface area contributed by atoms with Gasteiger partial charge in [-0.1, -0.05) is 284 Å². The van der Waals surface area contributed by atoms with E-state index in [1.165, 1.54) is 263 Å². The minimum absolute atomic E-state index is 0.00316. The Morgan fingerprint density at radius 2 is 0.625 bits per heavy atom. The Balaban J connectivity index is 3.91. The number of nitrogens with zero attached hydrogens (tertiary/aromatic N) is 1. The van der Waals surface area contributed by atoms with Gasteiger partial charge in [0, 0.05) is 13.2 Å². The fourth-order valence-electron chi connectivity index (χ4n) is 8.78. The number of phosphoric ester groups is 1. The summed E-state index contributed by atoms with van der Waals surface area (Å²) in [6.45, 7) is 7.06. The van der Waals surface area contributed by atoms with Crippen LogP contribution in [-0.2, 0) is 23.1 Å². The lowest BCUT2D eigenvalue weighted by Crippen LogP contribution is -2.37. The van der Waals surface area contributed by atoms with Gasteiger partial charge in [-0.05, 0) is 12.8 Å². The molecule has 1 N–H and O–H groups in total. The summed E-state index contributed by atoms with van der Waals surface area (Å²) >= 11 is 0. The van der Waals surface area contributed by atoms with Crippen molar-refractivity contribution in [3.8, 4) is 0 Å². The van der Waals surface area contributed by atoms with Crippen LogP contribution < -0.4 is 0 Å². The molecule has 64 heavy (non-hydrogen) atoms. The quantitative estimate of drug-likeness (QED) is 0.0372. The number of likely N-dealkylation sites (N-methyl/N-ethyl adjacent to an activating group) is 1. The number of rotatable bonds is 56. The second kappa shape index (κ2) is 50.9. The Kier molecular flexibility index (Phi) is 50.8. The number of quaternary nitrogens is 1. The zero-order valence-corrected chi connectivity index (χ0v) is 45.2. The molecule has 0 radical (unpaired) electrons. The normalized spacial score (nSPS) is 13.5. The van der Waals surface area contributed by atoms with Gasteiger partial charge in [0.15, 0.2) is 0 Å². The molecule has 0 heterocycles. The van der Waals surface area contributed by atoms with Crippen molar-refractivity contribution in [3.63, 3.8) is 0 Å². The molecule has 0 amide bonds. The van der Waals surface area contributed by atoms with E-state index in [2.05, 4.69) is 13.8 Å². The Morgan fingerprint density at radius 1 is 0.359 bits per heavy atom. The van der Waals surface area contributed by atoms with Gasteiger partial charge >= 0.3 is 7.82 Å². The van der Waals surface area contributed by atoms with Crippen molar-refractivity contribution in [2.45, 2.75) is 302 Å². The minimum Gasteiger partial charge on any atom is -0.379 e. The molecule has 0 rings (SSSR count). The van der Waals surface area contributed by atoms with Crippen LogP contribution in [0.3, 0.4) is 0 Å². The second-order valence-electron chi connectivity index (χ2n) is 21.0. The lowest BCUT2D eigenvalue weighted by Gasteiger charge is -2.24. The Hall–Kier alpha value is -0.0100. The van der Waals surface area contributed by atoms with E-state index in [9.17, 15) is 9.46 Å². The summed E-state index contributed by atoms with van der Waals surface area (Å²) in [7, 11) is 1.93. The number of unbranched alkanes of at least 4 members (excludes halogenated alkanes) is 42. The number of ether oxygens (including phenoxy) is 2. The highest BCUT2D eigenvalue weighted by atomic mass is 31.2. The first-order chi connectivity index (χ1) is 31.2. The van der Waals surface area contributed by atoms with Gasteiger partial charge in [-0.25, -0.2) is 4.57 Å². The molecule has 0 aromatic heterocycles. The molecule has 7 nitrogen and oxygen atoms in total. The smallest absolute Gasteiger partial charge is 0.379 e. The number of hydrogen-bond acceptors (Lipinski definition) is 5. The van der Waals surface area contributed by atoms with Crippen LogP contribution in [0.15, 0.2) is 0 Å². The maximum Gasteiger partial charge on any atom is 0.472 e. The molecule has 2 atom stereocenters. The predicted molar refractivity (Wildman–Crippen MR) is 280 cm³/mol. The average Bonchev–Trinajstić information content (AvgIpc) is 3.26. The van der Waals surface area contributed by atoms with E-state index in [1.807, 2.05) is 21.1 Å². The lowest BCUT2D eigenvalue weighted by molar-refractivity contribution is -0.870. The summed E-state index contributed by atoms with van der Waals surface area (Å²) in [5.74, 6) is 0. The Labute approximate surface area is 402 Å². The van der Waals surface area contributed by atoms with Crippen LogP contribution in [0.5, 0.6) is 0 Å². The molecule has 0 bridgehead atoms. The van der Waals surface area contributed by atoms with E-state index >= 15 is 0 Å². The molecule has 8 heteroatoms. The zero-order valence-electron chi connectivity index (χ0n) is 44.3. The predicted octanol–water partition coefficient (Wildman–Crippen LogP) is 18.4. The van der Waals surface area contributed by atoms with Crippen LogP contribution in [0, 0.1) is 0 Å². The van der Waals surface area contributed by atoms with Gasteiger partial charge in [0.2, 0.25) is 0 Å². The van der Waals surface area contributed by atoms with Crippen molar-refractivity contribution in [1.29, 1.82) is 0 Å². The van der Waals surface area contributed by atoms with Crippen LogP contribution in [0.4, 0.5) is 0 Å². The molecule has 0 saturated heterocycles. The van der Waals surface area contributed by atoms with E-state index in [0.717, 1.165) is 19.3 Å². The first kappa shape index (κ1) is 64.0. The maximum atomic E-state index is 12.6. The van der Waals surface area contributed by atoms with Crippen LogP contribution in [-0.4, -0.2) is 76.2 Å². The van der Waals surface area contributed by atoms with Crippen molar-refractivity contribution in [3.05, 3.63) is 0 Å². The second-order valence-corrected chi connectivity index (χ2v) is 22.5. The van der Waals surface area contributed by atoms with E-state index in [1.54, 1.807) is 0 Å². The summed E-state index contributed by atoms with van der Waals surface area (Å²) in [5, 5.41) is 0. The van der Waals surface area contributed by atoms with E-state index in [-0.39, 0.29) is 19.3 Å². The van der Waals surface area contributed by atoms with Gasteiger partial charge in [-0.3, -0.25) is 9.05 Å². The zero-order chi connectivity index (χ0) is 46.8. The molecule has 386 valence electrons. The summed E-state index contributed by atoms with van der Waals surface area (Å²) in [5.41, 5.74) is 0. The van der Waals surface area contributed by atoms with Crippen molar-refractivity contribution in [2.24, 2.45) is 0 Å². The van der Waals surface area contributed by atoms with Gasteiger partial charge in [0.25, 0.3) is 0 Å². The van der Waals surface area contributed by atoms with E-state index < -0.39 is 7.82 Å². The molecule has 0 aliphatic rings.